The number of H-pyrrole nitrogens is 1. The largest absolute Gasteiger partial charge is 0.465 e. The van der Waals surface area contributed by atoms with Crippen LogP contribution in [-0.2, 0) is 25.9 Å². The topological polar surface area (TPSA) is 149 Å². The SMILES string of the molecule is CC[C@H]1COCCN1c1cc(C2(S(C)(=O)=O)CCN(C(=O)O)CC2)cc(-c2ccc3[nH]c(CO)cc3n2)n1. The lowest BCUT2D eigenvalue weighted by molar-refractivity contribution is 0.0925. The van der Waals surface area contributed by atoms with Crippen LogP contribution in [0.4, 0.5) is 10.6 Å². The summed E-state index contributed by atoms with van der Waals surface area (Å²) in [6, 6.07) is 9.20. The first-order chi connectivity index (χ1) is 18.1. The number of carbonyl (C=O) groups is 1. The highest BCUT2D eigenvalue weighted by Gasteiger charge is 2.46. The van der Waals surface area contributed by atoms with Gasteiger partial charge in [0.1, 0.15) is 10.6 Å². The standard InChI is InChI=1S/C26H33N5O6S/c1-3-19-16-37-11-10-31(19)24-13-17(26(38(2,35)36)6-8-30(9-7-26)25(33)34)12-22(29-24)21-5-4-20-23(28-21)14-18(15-32)27-20/h4-5,12-14,19,27,32H,3,6-11,15-16H2,1-2H3,(H,33,34)/t19-/m0/s1. The molecule has 204 valence electrons. The molecule has 5 heterocycles. The fraction of sp³-hybridized carbons (Fsp3) is 0.500. The molecule has 3 N–H and O–H groups in total. The van der Waals surface area contributed by atoms with E-state index in [1.165, 1.54) is 11.2 Å². The molecule has 1 amide bonds. The molecule has 2 saturated heterocycles. The summed E-state index contributed by atoms with van der Waals surface area (Å²) in [5, 5.41) is 19.0. The van der Waals surface area contributed by atoms with Crippen molar-refractivity contribution in [2.75, 3.05) is 44.0 Å². The van der Waals surface area contributed by atoms with E-state index >= 15 is 0 Å². The van der Waals surface area contributed by atoms with E-state index in [0.29, 0.717) is 53.7 Å². The van der Waals surface area contributed by atoms with E-state index in [1.807, 2.05) is 18.2 Å². The van der Waals surface area contributed by atoms with Crippen molar-refractivity contribution >= 4 is 32.8 Å². The number of morpholine rings is 1. The number of hydrogen-bond donors (Lipinski definition) is 3. The fourth-order valence-corrected chi connectivity index (χ4v) is 7.05. The van der Waals surface area contributed by atoms with E-state index in [4.69, 9.17) is 14.7 Å². The molecule has 0 aromatic carbocycles. The number of aromatic nitrogens is 3. The zero-order chi connectivity index (χ0) is 27.1. The summed E-state index contributed by atoms with van der Waals surface area (Å²) in [6.45, 7) is 3.92. The minimum Gasteiger partial charge on any atom is -0.465 e. The van der Waals surface area contributed by atoms with Gasteiger partial charge in [-0.1, -0.05) is 6.92 Å². The molecule has 0 aliphatic carbocycles. The van der Waals surface area contributed by atoms with E-state index in [0.717, 1.165) is 11.9 Å². The number of likely N-dealkylation sites (tertiary alicyclic amines) is 1. The van der Waals surface area contributed by atoms with Gasteiger partial charge in [-0.15, -0.1) is 0 Å². The van der Waals surface area contributed by atoms with Gasteiger partial charge in [-0.2, -0.15) is 0 Å². The van der Waals surface area contributed by atoms with Crippen LogP contribution in [0, 0.1) is 0 Å². The second kappa shape index (κ2) is 10.2. The van der Waals surface area contributed by atoms with Crippen molar-refractivity contribution in [2.45, 2.75) is 43.6 Å². The van der Waals surface area contributed by atoms with Gasteiger partial charge in [0, 0.05) is 31.6 Å². The summed E-state index contributed by atoms with van der Waals surface area (Å²) in [5.41, 5.74) is 3.81. The lowest BCUT2D eigenvalue weighted by Crippen LogP contribution is -2.49. The highest BCUT2D eigenvalue weighted by Crippen LogP contribution is 2.43. The number of nitrogens with one attached hydrogen (secondary N) is 1. The number of ether oxygens (including phenoxy) is 1. The third kappa shape index (κ3) is 4.72. The number of piperidine rings is 1. The number of hydrogen-bond acceptors (Lipinski definition) is 8. The number of rotatable bonds is 6. The molecule has 38 heavy (non-hydrogen) atoms. The Morgan fingerprint density at radius 3 is 2.58 bits per heavy atom. The van der Waals surface area contributed by atoms with Gasteiger partial charge in [-0.05, 0) is 55.2 Å². The lowest BCUT2D eigenvalue weighted by atomic mass is 9.88. The number of aliphatic hydroxyl groups excluding tert-OH is 1. The summed E-state index contributed by atoms with van der Waals surface area (Å²) in [5.74, 6) is 0.656. The summed E-state index contributed by atoms with van der Waals surface area (Å²) < 4.78 is 31.2. The van der Waals surface area contributed by atoms with Crippen LogP contribution in [0.25, 0.3) is 22.4 Å². The number of aromatic amines is 1. The van der Waals surface area contributed by atoms with E-state index in [-0.39, 0.29) is 38.6 Å². The van der Waals surface area contributed by atoms with Crippen LogP contribution in [0.1, 0.15) is 37.4 Å². The minimum absolute atomic E-state index is 0.0922. The van der Waals surface area contributed by atoms with Crippen molar-refractivity contribution in [3.8, 4) is 11.4 Å². The minimum atomic E-state index is -3.63. The van der Waals surface area contributed by atoms with Gasteiger partial charge in [0.05, 0.1) is 48.3 Å². The number of carboxylic acid groups (broad SMARTS) is 1. The summed E-state index contributed by atoms with van der Waals surface area (Å²) in [7, 11) is -3.63. The van der Waals surface area contributed by atoms with Crippen LogP contribution in [0.2, 0.25) is 0 Å². The first kappa shape index (κ1) is 26.4. The van der Waals surface area contributed by atoms with Crippen molar-refractivity contribution in [3.05, 3.63) is 41.6 Å². The molecule has 1 atom stereocenters. The monoisotopic (exact) mass is 543 g/mol. The van der Waals surface area contributed by atoms with Crippen LogP contribution in [0.15, 0.2) is 30.3 Å². The Hall–Kier alpha value is -3.22. The summed E-state index contributed by atoms with van der Waals surface area (Å²) in [4.78, 5) is 27.8. The Morgan fingerprint density at radius 2 is 1.92 bits per heavy atom. The molecular formula is C26H33N5O6S. The van der Waals surface area contributed by atoms with E-state index in [9.17, 15) is 23.4 Å². The molecule has 0 saturated carbocycles. The second-order valence-corrected chi connectivity index (χ2v) is 12.4. The molecule has 2 aliphatic rings. The Morgan fingerprint density at radius 1 is 1.16 bits per heavy atom. The van der Waals surface area contributed by atoms with Crippen molar-refractivity contribution in [1.29, 1.82) is 0 Å². The maximum absolute atomic E-state index is 13.4. The van der Waals surface area contributed by atoms with Crippen molar-refractivity contribution in [1.82, 2.24) is 19.9 Å². The van der Waals surface area contributed by atoms with Crippen molar-refractivity contribution < 1.29 is 28.2 Å². The molecule has 2 aliphatic heterocycles. The second-order valence-electron chi connectivity index (χ2n) is 10.0. The number of amides is 1. The number of aliphatic hydroxyl groups is 1. The van der Waals surface area contributed by atoms with Crippen LogP contribution >= 0.6 is 0 Å². The number of sulfone groups is 1. The molecule has 5 rings (SSSR count). The number of nitrogens with zero attached hydrogens (tertiary/aromatic N) is 4. The van der Waals surface area contributed by atoms with E-state index in [2.05, 4.69) is 16.8 Å². The Labute approximate surface area is 221 Å². The summed E-state index contributed by atoms with van der Waals surface area (Å²) in [6.07, 6.45) is 1.34. The smallest absolute Gasteiger partial charge is 0.407 e. The Bertz CT molecular complexity index is 1450. The van der Waals surface area contributed by atoms with Gasteiger partial charge in [0.2, 0.25) is 0 Å². The molecule has 3 aromatic heterocycles. The van der Waals surface area contributed by atoms with Gasteiger partial charge in [-0.25, -0.2) is 23.2 Å². The highest BCUT2D eigenvalue weighted by molar-refractivity contribution is 7.91. The molecule has 0 unspecified atom stereocenters. The van der Waals surface area contributed by atoms with Gasteiger partial charge in [0.15, 0.2) is 9.84 Å². The van der Waals surface area contributed by atoms with Crippen LogP contribution < -0.4 is 4.90 Å². The first-order valence-electron chi connectivity index (χ1n) is 12.8. The third-order valence-corrected chi connectivity index (χ3v) is 9.91. The maximum Gasteiger partial charge on any atom is 0.407 e. The van der Waals surface area contributed by atoms with Crippen LogP contribution in [-0.4, -0.2) is 89.7 Å². The Balaban J connectivity index is 1.67. The van der Waals surface area contributed by atoms with E-state index < -0.39 is 20.7 Å². The molecule has 0 bridgehead atoms. The predicted molar refractivity (Wildman–Crippen MR) is 143 cm³/mol. The quantitative estimate of drug-likeness (QED) is 0.427. The highest BCUT2D eigenvalue weighted by atomic mass is 32.2. The van der Waals surface area contributed by atoms with Gasteiger partial charge >= 0.3 is 6.09 Å². The predicted octanol–water partition coefficient (Wildman–Crippen LogP) is 2.75. The van der Waals surface area contributed by atoms with E-state index in [1.54, 1.807) is 12.1 Å². The average molecular weight is 544 g/mol. The number of anilines is 1. The van der Waals surface area contributed by atoms with Gasteiger partial charge in [-0.3, -0.25) is 0 Å². The normalized spacial score (nSPS) is 20.1. The number of pyridine rings is 2. The van der Waals surface area contributed by atoms with Crippen molar-refractivity contribution in [2.24, 2.45) is 0 Å². The maximum atomic E-state index is 13.4. The molecule has 11 nitrogen and oxygen atoms in total. The van der Waals surface area contributed by atoms with Gasteiger partial charge in [0.25, 0.3) is 0 Å². The Kier molecular flexibility index (Phi) is 7.05. The lowest BCUT2D eigenvalue weighted by Gasteiger charge is -2.41. The number of fused-ring (bicyclic) bond motifs is 1. The zero-order valence-electron chi connectivity index (χ0n) is 21.6. The van der Waals surface area contributed by atoms with Crippen molar-refractivity contribution in [3.63, 3.8) is 0 Å². The van der Waals surface area contributed by atoms with Crippen LogP contribution in [0.5, 0.6) is 0 Å². The molecule has 3 aromatic rings. The molecule has 0 radical (unpaired) electrons. The third-order valence-electron chi connectivity index (χ3n) is 7.85. The van der Waals surface area contributed by atoms with Crippen LogP contribution in [0.3, 0.4) is 0 Å². The fourth-order valence-electron chi connectivity index (χ4n) is 5.58. The van der Waals surface area contributed by atoms with Gasteiger partial charge < -0.3 is 29.7 Å². The summed E-state index contributed by atoms with van der Waals surface area (Å²) >= 11 is 0. The molecule has 12 heteroatoms. The molecular weight excluding hydrogens is 510 g/mol. The molecule has 0 spiro atoms. The first-order valence-corrected chi connectivity index (χ1v) is 14.7. The molecule has 2 fully saturated rings. The zero-order valence-corrected chi connectivity index (χ0v) is 22.4. The average Bonchev–Trinajstić information content (AvgIpc) is 3.35.